The lowest BCUT2D eigenvalue weighted by Crippen LogP contribution is -1.89. The fourth-order valence-electron chi connectivity index (χ4n) is 2.08. The highest BCUT2D eigenvalue weighted by Crippen LogP contribution is 2.40. The summed E-state index contributed by atoms with van der Waals surface area (Å²) in [4.78, 5) is 0. The summed E-state index contributed by atoms with van der Waals surface area (Å²) < 4.78 is 7.25. The van der Waals surface area contributed by atoms with Crippen molar-refractivity contribution in [3.8, 4) is 22.5 Å². The Hall–Kier alpha value is -1.30. The number of rotatable bonds is 2. The summed E-state index contributed by atoms with van der Waals surface area (Å²) >= 11 is 13.0. The molecule has 106 valence electrons. The highest BCUT2D eigenvalue weighted by atomic mass is 79.9. The predicted octanol–water partition coefficient (Wildman–Crippen LogP) is 5.77. The Morgan fingerprint density at radius 3 is 2.67 bits per heavy atom. The third-order valence-electron chi connectivity index (χ3n) is 3.00. The Kier molecular flexibility index (Phi) is 4.06. The van der Waals surface area contributed by atoms with Crippen LogP contribution in [-0.4, -0.2) is 5.16 Å². The van der Waals surface area contributed by atoms with E-state index in [2.05, 4.69) is 37.0 Å². The van der Waals surface area contributed by atoms with Crippen molar-refractivity contribution < 1.29 is 4.52 Å². The van der Waals surface area contributed by atoms with Gasteiger partial charge in [-0.3, -0.25) is 0 Å². The van der Waals surface area contributed by atoms with Crippen molar-refractivity contribution in [2.75, 3.05) is 5.73 Å². The van der Waals surface area contributed by atoms with Gasteiger partial charge in [0.1, 0.15) is 0 Å². The average molecular weight is 429 g/mol. The predicted molar refractivity (Wildman–Crippen MR) is 92.2 cm³/mol. The van der Waals surface area contributed by atoms with Gasteiger partial charge in [0.2, 0.25) is 0 Å². The largest absolute Gasteiger partial charge is 0.380 e. The first-order valence-corrected chi connectivity index (χ1v) is 7.99. The van der Waals surface area contributed by atoms with E-state index in [9.17, 15) is 0 Å². The number of nitrogens with zero attached hydrogens (tertiary/aromatic N) is 1. The van der Waals surface area contributed by atoms with Crippen molar-refractivity contribution >= 4 is 49.3 Å². The van der Waals surface area contributed by atoms with Gasteiger partial charge in [-0.25, -0.2) is 0 Å². The van der Waals surface area contributed by atoms with Crippen LogP contribution in [-0.2, 0) is 0 Å². The molecule has 1 aromatic heterocycles. The van der Waals surface area contributed by atoms with E-state index in [-0.39, 0.29) is 0 Å². The van der Waals surface area contributed by atoms with Gasteiger partial charge in [0, 0.05) is 19.5 Å². The molecule has 3 aromatic rings. The molecule has 0 saturated carbocycles. The monoisotopic (exact) mass is 426 g/mol. The van der Waals surface area contributed by atoms with Crippen molar-refractivity contribution in [1.29, 1.82) is 0 Å². The second-order valence-corrected chi connectivity index (χ2v) is 6.61. The normalized spacial score (nSPS) is 10.8. The van der Waals surface area contributed by atoms with Crippen LogP contribution in [0.5, 0.6) is 0 Å². The lowest BCUT2D eigenvalue weighted by atomic mass is 10.0. The maximum absolute atomic E-state index is 6.08. The number of aromatic nitrogens is 1. The van der Waals surface area contributed by atoms with Crippen LogP contribution in [0, 0.1) is 0 Å². The SMILES string of the molecule is Nc1noc(-c2cc(Cl)ccc2Br)c1-c1cccc(Br)c1. The lowest BCUT2D eigenvalue weighted by Gasteiger charge is -2.06. The van der Waals surface area contributed by atoms with Crippen molar-refractivity contribution in [3.63, 3.8) is 0 Å². The summed E-state index contributed by atoms with van der Waals surface area (Å²) in [6.45, 7) is 0. The fourth-order valence-corrected chi connectivity index (χ4v) is 3.08. The maximum Gasteiger partial charge on any atom is 0.178 e. The number of nitrogens with two attached hydrogens (primary N) is 1. The summed E-state index contributed by atoms with van der Waals surface area (Å²) in [7, 11) is 0. The van der Waals surface area contributed by atoms with E-state index in [1.165, 1.54) is 0 Å². The zero-order valence-electron chi connectivity index (χ0n) is 10.6. The van der Waals surface area contributed by atoms with Gasteiger partial charge < -0.3 is 10.3 Å². The molecule has 2 N–H and O–H groups in total. The standard InChI is InChI=1S/C15H9Br2ClN2O/c16-9-3-1-2-8(6-9)13-14(21-20-15(13)19)11-7-10(18)4-5-12(11)17/h1-7H,(H2,19,20). The number of anilines is 1. The van der Waals surface area contributed by atoms with Gasteiger partial charge >= 0.3 is 0 Å². The first-order valence-electron chi connectivity index (χ1n) is 6.03. The zero-order chi connectivity index (χ0) is 15.0. The Bertz CT molecular complexity index is 817. The molecule has 0 atom stereocenters. The first kappa shape index (κ1) is 14.6. The van der Waals surface area contributed by atoms with Crippen LogP contribution < -0.4 is 5.73 Å². The van der Waals surface area contributed by atoms with Gasteiger partial charge in [-0.1, -0.05) is 60.8 Å². The van der Waals surface area contributed by atoms with Crippen molar-refractivity contribution in [2.24, 2.45) is 0 Å². The molecule has 6 heteroatoms. The minimum Gasteiger partial charge on any atom is -0.380 e. The van der Waals surface area contributed by atoms with Crippen LogP contribution in [0.2, 0.25) is 5.02 Å². The molecule has 1 heterocycles. The number of hydrogen-bond acceptors (Lipinski definition) is 3. The Balaban J connectivity index is 2.24. The molecule has 0 aliphatic heterocycles. The summed E-state index contributed by atoms with van der Waals surface area (Å²) in [6.07, 6.45) is 0. The smallest absolute Gasteiger partial charge is 0.178 e. The third kappa shape index (κ3) is 2.86. The molecule has 0 radical (unpaired) electrons. The molecule has 0 aliphatic carbocycles. The minimum atomic E-state index is 0.343. The average Bonchev–Trinajstić information content (AvgIpc) is 2.83. The summed E-state index contributed by atoms with van der Waals surface area (Å²) in [6, 6.07) is 13.3. The maximum atomic E-state index is 6.08. The van der Waals surface area contributed by atoms with Crippen molar-refractivity contribution in [3.05, 3.63) is 56.4 Å². The quantitative estimate of drug-likeness (QED) is 0.564. The van der Waals surface area contributed by atoms with Gasteiger partial charge in [0.15, 0.2) is 11.6 Å². The molecule has 0 bridgehead atoms. The molecule has 0 fully saturated rings. The van der Waals surface area contributed by atoms with E-state index in [1.54, 1.807) is 6.07 Å². The molecule has 3 rings (SSSR count). The van der Waals surface area contributed by atoms with E-state index < -0.39 is 0 Å². The topological polar surface area (TPSA) is 52.0 Å². The van der Waals surface area contributed by atoms with Crippen LogP contribution >= 0.6 is 43.5 Å². The molecule has 0 aliphatic rings. The van der Waals surface area contributed by atoms with Crippen molar-refractivity contribution in [1.82, 2.24) is 5.16 Å². The molecule has 0 spiro atoms. The van der Waals surface area contributed by atoms with Crippen LogP contribution in [0.4, 0.5) is 5.82 Å². The molecular weight excluding hydrogens is 419 g/mol. The van der Waals surface area contributed by atoms with Crippen LogP contribution in [0.3, 0.4) is 0 Å². The molecule has 0 unspecified atom stereocenters. The van der Waals surface area contributed by atoms with E-state index in [0.29, 0.717) is 16.6 Å². The molecule has 21 heavy (non-hydrogen) atoms. The molecule has 0 amide bonds. The third-order valence-corrected chi connectivity index (χ3v) is 4.42. The van der Waals surface area contributed by atoms with Crippen molar-refractivity contribution in [2.45, 2.75) is 0 Å². The van der Waals surface area contributed by atoms with Gasteiger partial charge in [0.25, 0.3) is 0 Å². The fraction of sp³-hybridized carbons (Fsp3) is 0. The molecule has 3 nitrogen and oxygen atoms in total. The molecule has 0 saturated heterocycles. The lowest BCUT2D eigenvalue weighted by molar-refractivity contribution is 0.436. The van der Waals surface area contributed by atoms with Gasteiger partial charge in [-0.15, -0.1) is 0 Å². The number of nitrogen functional groups attached to an aromatic ring is 1. The first-order chi connectivity index (χ1) is 10.1. The van der Waals surface area contributed by atoms with E-state index in [4.69, 9.17) is 21.9 Å². The Morgan fingerprint density at radius 1 is 1.10 bits per heavy atom. The molecule has 2 aromatic carbocycles. The zero-order valence-corrected chi connectivity index (χ0v) is 14.5. The number of halogens is 3. The number of hydrogen-bond donors (Lipinski definition) is 1. The Morgan fingerprint density at radius 2 is 1.90 bits per heavy atom. The minimum absolute atomic E-state index is 0.343. The Labute approximate surface area is 143 Å². The highest BCUT2D eigenvalue weighted by Gasteiger charge is 2.20. The number of benzene rings is 2. The summed E-state index contributed by atoms with van der Waals surface area (Å²) in [5.74, 6) is 0.926. The van der Waals surface area contributed by atoms with E-state index >= 15 is 0 Å². The van der Waals surface area contributed by atoms with E-state index in [1.807, 2.05) is 36.4 Å². The van der Waals surface area contributed by atoms with Gasteiger partial charge in [-0.05, 0) is 35.9 Å². The summed E-state index contributed by atoms with van der Waals surface area (Å²) in [5.41, 5.74) is 8.46. The van der Waals surface area contributed by atoms with Gasteiger partial charge in [-0.2, -0.15) is 0 Å². The second kappa shape index (κ2) is 5.83. The van der Waals surface area contributed by atoms with Crippen LogP contribution in [0.25, 0.3) is 22.5 Å². The van der Waals surface area contributed by atoms with Crippen LogP contribution in [0.15, 0.2) is 55.9 Å². The van der Waals surface area contributed by atoms with E-state index in [0.717, 1.165) is 25.6 Å². The van der Waals surface area contributed by atoms with Gasteiger partial charge in [0.05, 0.1) is 5.56 Å². The summed E-state index contributed by atoms with van der Waals surface area (Å²) in [5, 5.41) is 4.51. The van der Waals surface area contributed by atoms with Crippen LogP contribution in [0.1, 0.15) is 0 Å². The second-order valence-electron chi connectivity index (χ2n) is 4.41. The highest BCUT2D eigenvalue weighted by molar-refractivity contribution is 9.10. The molecular formula is C15H9Br2ClN2O.